The van der Waals surface area contributed by atoms with Crippen molar-refractivity contribution in [2.24, 2.45) is 5.92 Å². The number of aliphatic hydroxyl groups is 1. The third-order valence-corrected chi connectivity index (χ3v) is 4.18. The monoisotopic (exact) mass is 332 g/mol. The molecule has 1 saturated heterocycles. The number of nitrogens with zero attached hydrogens (tertiary/aromatic N) is 2. The maximum absolute atomic E-state index is 9.27. The van der Waals surface area contributed by atoms with Crippen molar-refractivity contribution in [2.75, 3.05) is 40.1 Å². The van der Waals surface area contributed by atoms with Crippen LogP contribution in [0.2, 0.25) is 0 Å². The normalized spacial score (nSPS) is 14.6. The SMILES string of the molecule is C=C(NCCOC)c1ccc2nn(CC3CNC3)cc2c1OCO. The van der Waals surface area contributed by atoms with Crippen molar-refractivity contribution in [2.45, 2.75) is 6.54 Å². The molecule has 0 aliphatic carbocycles. The van der Waals surface area contributed by atoms with E-state index in [1.165, 1.54) is 0 Å². The number of methoxy groups -OCH3 is 1. The van der Waals surface area contributed by atoms with Crippen molar-refractivity contribution in [3.63, 3.8) is 0 Å². The summed E-state index contributed by atoms with van der Waals surface area (Å²) in [6.45, 7) is 7.84. The summed E-state index contributed by atoms with van der Waals surface area (Å²) in [5.41, 5.74) is 2.39. The first kappa shape index (κ1) is 16.8. The Bertz CT molecular complexity index is 709. The van der Waals surface area contributed by atoms with E-state index < -0.39 is 6.79 Å². The van der Waals surface area contributed by atoms with E-state index >= 15 is 0 Å². The summed E-state index contributed by atoms with van der Waals surface area (Å²) in [5, 5.41) is 21.2. The zero-order chi connectivity index (χ0) is 16.9. The molecule has 0 unspecified atom stereocenters. The molecule has 1 aromatic heterocycles. The summed E-state index contributed by atoms with van der Waals surface area (Å²) in [7, 11) is 1.66. The largest absolute Gasteiger partial charge is 0.466 e. The van der Waals surface area contributed by atoms with E-state index in [-0.39, 0.29) is 0 Å². The van der Waals surface area contributed by atoms with Crippen LogP contribution in [-0.2, 0) is 11.3 Å². The van der Waals surface area contributed by atoms with E-state index in [9.17, 15) is 5.11 Å². The number of nitrogens with one attached hydrogen (secondary N) is 2. The van der Waals surface area contributed by atoms with E-state index in [4.69, 9.17) is 9.47 Å². The number of fused-ring (bicyclic) bond motifs is 1. The quantitative estimate of drug-likeness (QED) is 0.465. The van der Waals surface area contributed by atoms with Crippen molar-refractivity contribution in [1.82, 2.24) is 20.4 Å². The predicted molar refractivity (Wildman–Crippen MR) is 92.7 cm³/mol. The van der Waals surface area contributed by atoms with Crippen LogP contribution in [0.3, 0.4) is 0 Å². The third kappa shape index (κ3) is 3.53. The van der Waals surface area contributed by atoms with Gasteiger partial charge in [-0.25, -0.2) is 0 Å². The molecule has 0 bridgehead atoms. The Balaban J connectivity index is 1.87. The van der Waals surface area contributed by atoms with Gasteiger partial charge in [0.05, 0.1) is 17.5 Å². The van der Waals surface area contributed by atoms with Gasteiger partial charge in [0.15, 0.2) is 6.79 Å². The summed E-state index contributed by atoms with van der Waals surface area (Å²) < 4.78 is 12.5. The van der Waals surface area contributed by atoms with Gasteiger partial charge in [-0.2, -0.15) is 5.10 Å². The zero-order valence-corrected chi connectivity index (χ0v) is 13.9. The molecule has 2 heterocycles. The van der Waals surface area contributed by atoms with Crippen LogP contribution in [0.4, 0.5) is 0 Å². The summed E-state index contributed by atoms with van der Waals surface area (Å²) >= 11 is 0. The highest BCUT2D eigenvalue weighted by Crippen LogP contribution is 2.32. The molecule has 3 rings (SSSR count). The molecule has 3 N–H and O–H groups in total. The summed E-state index contributed by atoms with van der Waals surface area (Å²) in [4.78, 5) is 0. The standard InChI is InChI=1S/C17H24N4O3/c1-12(19-5-6-23-2)14-3-4-16-15(17(14)24-11-22)10-21(20-16)9-13-7-18-8-13/h3-4,10,13,18-19,22H,1,5-9,11H2,2H3. The van der Waals surface area contributed by atoms with Crippen molar-refractivity contribution < 1.29 is 14.6 Å². The molecule has 1 aliphatic rings. The molecule has 1 aliphatic heterocycles. The van der Waals surface area contributed by atoms with Gasteiger partial charge in [0, 0.05) is 56.7 Å². The summed E-state index contributed by atoms with van der Waals surface area (Å²) in [5.74, 6) is 1.22. The van der Waals surface area contributed by atoms with Gasteiger partial charge < -0.3 is 25.2 Å². The van der Waals surface area contributed by atoms with Gasteiger partial charge in [-0.1, -0.05) is 6.58 Å². The predicted octanol–water partition coefficient (Wildman–Crippen LogP) is 0.791. The lowest BCUT2D eigenvalue weighted by Gasteiger charge is -2.26. The number of hydrogen-bond donors (Lipinski definition) is 3. The fourth-order valence-electron chi connectivity index (χ4n) is 2.81. The Morgan fingerprint density at radius 1 is 1.50 bits per heavy atom. The minimum atomic E-state index is -0.394. The highest BCUT2D eigenvalue weighted by atomic mass is 16.6. The average Bonchev–Trinajstić information content (AvgIpc) is 2.95. The van der Waals surface area contributed by atoms with Gasteiger partial charge >= 0.3 is 0 Å². The topological polar surface area (TPSA) is 80.6 Å². The van der Waals surface area contributed by atoms with Crippen LogP contribution in [0.1, 0.15) is 5.56 Å². The molecule has 2 aromatic rings. The smallest absolute Gasteiger partial charge is 0.186 e. The molecule has 7 nitrogen and oxygen atoms in total. The molecule has 1 aromatic carbocycles. The van der Waals surface area contributed by atoms with Crippen LogP contribution in [0.5, 0.6) is 5.75 Å². The van der Waals surface area contributed by atoms with Crippen molar-refractivity contribution in [3.8, 4) is 5.75 Å². The summed E-state index contributed by atoms with van der Waals surface area (Å²) in [6.07, 6.45) is 1.98. The van der Waals surface area contributed by atoms with Gasteiger partial charge in [0.2, 0.25) is 0 Å². The third-order valence-electron chi connectivity index (χ3n) is 4.18. The second-order valence-corrected chi connectivity index (χ2v) is 5.92. The molecule has 24 heavy (non-hydrogen) atoms. The molecule has 0 amide bonds. The van der Waals surface area contributed by atoms with Crippen LogP contribution in [0.15, 0.2) is 24.9 Å². The van der Waals surface area contributed by atoms with E-state index in [1.807, 2.05) is 23.0 Å². The first-order valence-electron chi connectivity index (χ1n) is 8.09. The Labute approximate surface area is 141 Å². The Kier molecular flexibility index (Phi) is 5.34. The van der Waals surface area contributed by atoms with E-state index in [0.29, 0.717) is 24.8 Å². The van der Waals surface area contributed by atoms with Crippen molar-refractivity contribution in [3.05, 3.63) is 30.5 Å². The lowest BCUT2D eigenvalue weighted by Crippen LogP contribution is -2.44. The molecule has 130 valence electrons. The van der Waals surface area contributed by atoms with E-state index in [0.717, 1.165) is 41.8 Å². The fraction of sp³-hybridized carbons (Fsp3) is 0.471. The number of aliphatic hydroxyl groups excluding tert-OH is 1. The van der Waals surface area contributed by atoms with Crippen LogP contribution < -0.4 is 15.4 Å². The zero-order valence-electron chi connectivity index (χ0n) is 13.9. The number of benzene rings is 1. The van der Waals surface area contributed by atoms with Gasteiger partial charge in [-0.05, 0) is 12.1 Å². The van der Waals surface area contributed by atoms with E-state index in [2.05, 4.69) is 22.3 Å². The number of ether oxygens (including phenoxy) is 2. The lowest BCUT2D eigenvalue weighted by molar-refractivity contribution is 0.0997. The van der Waals surface area contributed by atoms with Crippen LogP contribution in [0.25, 0.3) is 16.6 Å². The molecule has 0 spiro atoms. The lowest BCUT2D eigenvalue weighted by atomic mass is 10.0. The maximum Gasteiger partial charge on any atom is 0.186 e. The van der Waals surface area contributed by atoms with Crippen LogP contribution in [0, 0.1) is 5.92 Å². The van der Waals surface area contributed by atoms with Crippen LogP contribution in [-0.4, -0.2) is 55.0 Å². The number of rotatable bonds is 9. The molecule has 7 heteroatoms. The average molecular weight is 332 g/mol. The highest BCUT2D eigenvalue weighted by molar-refractivity contribution is 5.90. The first-order chi connectivity index (χ1) is 11.7. The molecular weight excluding hydrogens is 308 g/mol. The molecule has 1 fully saturated rings. The van der Waals surface area contributed by atoms with E-state index in [1.54, 1.807) is 7.11 Å². The number of aromatic nitrogens is 2. The van der Waals surface area contributed by atoms with Crippen molar-refractivity contribution >= 4 is 16.6 Å². The van der Waals surface area contributed by atoms with Crippen LogP contribution >= 0.6 is 0 Å². The molecule has 0 radical (unpaired) electrons. The second kappa shape index (κ2) is 7.65. The highest BCUT2D eigenvalue weighted by Gasteiger charge is 2.19. The second-order valence-electron chi connectivity index (χ2n) is 5.92. The fourth-order valence-corrected chi connectivity index (χ4v) is 2.81. The molecular formula is C17H24N4O3. The Morgan fingerprint density at radius 2 is 2.33 bits per heavy atom. The molecule has 0 saturated carbocycles. The Hall–Kier alpha value is -2.09. The first-order valence-corrected chi connectivity index (χ1v) is 8.09. The van der Waals surface area contributed by atoms with Crippen molar-refractivity contribution in [1.29, 1.82) is 0 Å². The maximum atomic E-state index is 9.27. The summed E-state index contributed by atoms with van der Waals surface area (Å²) in [6, 6.07) is 3.87. The minimum absolute atomic E-state index is 0.394. The number of hydrogen-bond acceptors (Lipinski definition) is 6. The van der Waals surface area contributed by atoms with Gasteiger partial charge in [0.25, 0.3) is 0 Å². The Morgan fingerprint density at radius 3 is 3.00 bits per heavy atom. The van der Waals surface area contributed by atoms with Gasteiger partial charge in [-0.3, -0.25) is 4.68 Å². The van der Waals surface area contributed by atoms with Gasteiger partial charge in [0.1, 0.15) is 5.75 Å². The van der Waals surface area contributed by atoms with Gasteiger partial charge in [-0.15, -0.1) is 0 Å². The molecule has 0 atom stereocenters. The minimum Gasteiger partial charge on any atom is -0.466 e.